The third-order valence-electron chi connectivity index (χ3n) is 2.31. The van der Waals surface area contributed by atoms with Crippen LogP contribution in [0, 0.1) is 17.1 Å². The quantitative estimate of drug-likeness (QED) is 0.808. The summed E-state index contributed by atoms with van der Waals surface area (Å²) in [6.45, 7) is 0. The Morgan fingerprint density at radius 2 is 1.68 bits per heavy atom. The molecule has 0 N–H and O–H groups in total. The molecular weight excluding hydrogens is 269 g/mol. The lowest BCUT2D eigenvalue weighted by molar-refractivity contribution is 0.461. The minimum absolute atomic E-state index is 0.144. The average molecular weight is 277 g/mol. The van der Waals surface area contributed by atoms with Gasteiger partial charge in [-0.15, -0.1) is 0 Å². The molecule has 4 nitrogen and oxygen atoms in total. The van der Waals surface area contributed by atoms with Gasteiger partial charge in [-0.1, -0.05) is 12.1 Å². The van der Waals surface area contributed by atoms with Crippen LogP contribution in [0.2, 0.25) is 0 Å². The Morgan fingerprint density at radius 1 is 1.05 bits per heavy atom. The second kappa shape index (κ2) is 5.08. The molecule has 0 unspecified atom stereocenters. The summed E-state index contributed by atoms with van der Waals surface area (Å²) in [5, 5.41) is 8.62. The summed E-state index contributed by atoms with van der Waals surface area (Å²) >= 11 is 0. The number of benzene rings is 2. The molecule has 0 radical (unpaired) electrons. The molecule has 19 heavy (non-hydrogen) atoms. The summed E-state index contributed by atoms with van der Waals surface area (Å²) in [5.74, 6) is -1.13. The number of rotatable bonds is 3. The highest BCUT2D eigenvalue weighted by Crippen LogP contribution is 2.21. The van der Waals surface area contributed by atoms with Gasteiger partial charge in [0.15, 0.2) is 11.6 Å². The van der Waals surface area contributed by atoms with Crippen LogP contribution in [-0.2, 0) is 10.1 Å². The van der Waals surface area contributed by atoms with E-state index in [4.69, 9.17) is 9.44 Å². The summed E-state index contributed by atoms with van der Waals surface area (Å²) in [4.78, 5) is -0.144. The van der Waals surface area contributed by atoms with Crippen molar-refractivity contribution in [2.45, 2.75) is 4.90 Å². The number of halogens is 1. The Morgan fingerprint density at radius 3 is 2.26 bits per heavy atom. The molecule has 0 bridgehead atoms. The molecule has 0 saturated heterocycles. The normalized spacial score (nSPS) is 10.7. The number of hydrogen-bond acceptors (Lipinski definition) is 4. The molecule has 0 aromatic heterocycles. The zero-order chi connectivity index (χ0) is 13.9. The Balaban J connectivity index is 2.33. The number of hydrogen-bond donors (Lipinski definition) is 0. The molecule has 0 aliphatic rings. The minimum atomic E-state index is -4.11. The summed E-state index contributed by atoms with van der Waals surface area (Å²) < 4.78 is 41.8. The van der Waals surface area contributed by atoms with Crippen LogP contribution in [0.3, 0.4) is 0 Å². The van der Waals surface area contributed by atoms with Gasteiger partial charge < -0.3 is 4.18 Å². The molecular formula is C13H8FNO3S. The van der Waals surface area contributed by atoms with Gasteiger partial charge in [0, 0.05) is 0 Å². The van der Waals surface area contributed by atoms with Gasteiger partial charge in [0.05, 0.1) is 11.6 Å². The topological polar surface area (TPSA) is 67.2 Å². The van der Waals surface area contributed by atoms with E-state index in [0.717, 1.165) is 6.07 Å². The monoisotopic (exact) mass is 277 g/mol. The molecule has 0 spiro atoms. The van der Waals surface area contributed by atoms with E-state index in [1.54, 1.807) is 0 Å². The van der Waals surface area contributed by atoms with E-state index in [9.17, 15) is 12.8 Å². The van der Waals surface area contributed by atoms with Crippen molar-refractivity contribution in [2.75, 3.05) is 0 Å². The van der Waals surface area contributed by atoms with Crippen molar-refractivity contribution in [3.05, 3.63) is 59.9 Å². The first-order valence-corrected chi connectivity index (χ1v) is 6.63. The molecule has 96 valence electrons. The Kier molecular flexibility index (Phi) is 3.49. The molecule has 0 saturated carbocycles. The van der Waals surface area contributed by atoms with Gasteiger partial charge in [-0.05, 0) is 36.4 Å². The highest BCUT2D eigenvalue weighted by Gasteiger charge is 2.18. The van der Waals surface area contributed by atoms with Crippen LogP contribution < -0.4 is 4.18 Å². The largest absolute Gasteiger partial charge is 0.376 e. The lowest BCUT2D eigenvalue weighted by atomic mass is 10.2. The van der Waals surface area contributed by atoms with Crippen molar-refractivity contribution in [1.29, 1.82) is 5.26 Å². The number of para-hydroxylation sites is 1. The standard InChI is InChI=1S/C13H8FNO3S/c14-12-3-1-2-4-13(12)18-19(16,17)11-7-5-10(9-15)6-8-11/h1-8H. The molecule has 0 aliphatic heterocycles. The van der Waals surface area contributed by atoms with Crippen LogP contribution in [0.15, 0.2) is 53.4 Å². The van der Waals surface area contributed by atoms with Crippen LogP contribution >= 0.6 is 0 Å². The lowest BCUT2D eigenvalue weighted by Crippen LogP contribution is -2.10. The SMILES string of the molecule is N#Cc1ccc(S(=O)(=O)Oc2ccccc2F)cc1. The van der Waals surface area contributed by atoms with E-state index >= 15 is 0 Å². The first-order valence-electron chi connectivity index (χ1n) is 5.22. The fraction of sp³-hybridized carbons (Fsp3) is 0. The maximum atomic E-state index is 13.3. The van der Waals surface area contributed by atoms with E-state index in [1.165, 1.54) is 42.5 Å². The molecule has 0 aliphatic carbocycles. The van der Waals surface area contributed by atoms with Crippen molar-refractivity contribution in [1.82, 2.24) is 0 Å². The zero-order valence-electron chi connectivity index (χ0n) is 9.58. The second-order valence-corrected chi connectivity index (χ2v) is 5.15. The molecule has 2 aromatic rings. The van der Waals surface area contributed by atoms with Gasteiger partial charge in [-0.2, -0.15) is 13.7 Å². The van der Waals surface area contributed by atoms with Crippen molar-refractivity contribution in [3.63, 3.8) is 0 Å². The van der Waals surface area contributed by atoms with Gasteiger partial charge >= 0.3 is 10.1 Å². The third kappa shape index (κ3) is 2.89. The third-order valence-corrected chi connectivity index (χ3v) is 3.56. The van der Waals surface area contributed by atoms with Crippen molar-refractivity contribution in [3.8, 4) is 11.8 Å². The Labute approximate surface area is 109 Å². The van der Waals surface area contributed by atoms with E-state index in [-0.39, 0.29) is 10.6 Å². The van der Waals surface area contributed by atoms with Gasteiger partial charge in [-0.3, -0.25) is 0 Å². The zero-order valence-corrected chi connectivity index (χ0v) is 10.4. The number of nitrogens with zero attached hydrogens (tertiary/aromatic N) is 1. The summed E-state index contributed by atoms with van der Waals surface area (Å²) in [7, 11) is -4.11. The molecule has 2 aromatic carbocycles. The van der Waals surface area contributed by atoms with Crippen LogP contribution in [0.25, 0.3) is 0 Å². The van der Waals surface area contributed by atoms with Crippen LogP contribution in [0.4, 0.5) is 4.39 Å². The summed E-state index contributed by atoms with van der Waals surface area (Å²) in [6, 6.07) is 12.2. The molecule has 0 amide bonds. The molecule has 0 fully saturated rings. The predicted octanol–water partition coefficient (Wildman–Crippen LogP) is 2.47. The average Bonchev–Trinajstić information content (AvgIpc) is 2.41. The Bertz CT molecular complexity index is 733. The first kappa shape index (κ1) is 13.1. The van der Waals surface area contributed by atoms with Gasteiger partial charge in [0.25, 0.3) is 0 Å². The van der Waals surface area contributed by atoms with Crippen LogP contribution in [-0.4, -0.2) is 8.42 Å². The molecule has 6 heteroatoms. The van der Waals surface area contributed by atoms with Gasteiger partial charge in [0.1, 0.15) is 4.90 Å². The highest BCUT2D eigenvalue weighted by atomic mass is 32.2. The van der Waals surface area contributed by atoms with E-state index < -0.39 is 15.9 Å². The van der Waals surface area contributed by atoms with Gasteiger partial charge in [-0.25, -0.2) is 4.39 Å². The van der Waals surface area contributed by atoms with Crippen molar-refractivity contribution < 1.29 is 17.0 Å². The fourth-order valence-electron chi connectivity index (χ4n) is 1.37. The van der Waals surface area contributed by atoms with Crippen LogP contribution in [0.5, 0.6) is 5.75 Å². The summed E-state index contributed by atoms with van der Waals surface area (Å²) in [5.41, 5.74) is 0.324. The van der Waals surface area contributed by atoms with E-state index in [2.05, 4.69) is 0 Å². The minimum Gasteiger partial charge on any atom is -0.376 e. The van der Waals surface area contributed by atoms with Crippen molar-refractivity contribution in [2.24, 2.45) is 0 Å². The maximum Gasteiger partial charge on any atom is 0.339 e. The smallest absolute Gasteiger partial charge is 0.339 e. The fourth-order valence-corrected chi connectivity index (χ4v) is 2.31. The predicted molar refractivity (Wildman–Crippen MR) is 65.4 cm³/mol. The highest BCUT2D eigenvalue weighted by molar-refractivity contribution is 7.87. The lowest BCUT2D eigenvalue weighted by Gasteiger charge is -2.07. The number of nitriles is 1. The molecule has 0 atom stereocenters. The Hall–Kier alpha value is -2.39. The van der Waals surface area contributed by atoms with Gasteiger partial charge in [0.2, 0.25) is 0 Å². The van der Waals surface area contributed by atoms with E-state index in [1.807, 2.05) is 6.07 Å². The van der Waals surface area contributed by atoms with Crippen molar-refractivity contribution >= 4 is 10.1 Å². The molecule has 2 rings (SSSR count). The van der Waals surface area contributed by atoms with Crippen LogP contribution in [0.1, 0.15) is 5.56 Å². The van der Waals surface area contributed by atoms with E-state index in [0.29, 0.717) is 5.56 Å². The maximum absolute atomic E-state index is 13.3. The first-order chi connectivity index (χ1) is 9.03. The molecule has 0 heterocycles. The summed E-state index contributed by atoms with van der Waals surface area (Å²) in [6.07, 6.45) is 0. The second-order valence-electron chi connectivity index (χ2n) is 3.60.